The number of aliphatic hydroxyl groups excluding tert-OH is 1. The largest absolute Gasteiger partial charge is 0.490 e. The first kappa shape index (κ1) is 26.7. The Bertz CT molecular complexity index is 951. The Morgan fingerprint density at radius 3 is 2.08 bits per heavy atom. The van der Waals surface area contributed by atoms with Crippen LogP contribution in [0.2, 0.25) is 0 Å². The third kappa shape index (κ3) is 7.59. The molecule has 2 fully saturated rings. The molecule has 0 bridgehead atoms. The zero-order valence-corrected chi connectivity index (χ0v) is 21.1. The topological polar surface area (TPSA) is 49.8 Å². The lowest BCUT2D eigenvalue weighted by Crippen LogP contribution is -2.49. The molecule has 1 atom stereocenters. The van der Waals surface area contributed by atoms with Crippen LogP contribution in [-0.4, -0.2) is 47.1 Å². The van der Waals surface area contributed by atoms with Gasteiger partial charge in [-0.3, -0.25) is 9.69 Å². The van der Waals surface area contributed by atoms with Gasteiger partial charge < -0.3 is 9.84 Å². The van der Waals surface area contributed by atoms with E-state index in [1.807, 2.05) is 0 Å². The fraction of sp³-hybridized carbons (Fsp3) is 0.567. The Morgan fingerprint density at radius 2 is 1.47 bits per heavy atom. The summed E-state index contributed by atoms with van der Waals surface area (Å²) in [6.45, 7) is 0.615. The first-order valence-electron chi connectivity index (χ1n) is 13.6. The maximum absolute atomic E-state index is 14.0. The summed E-state index contributed by atoms with van der Waals surface area (Å²) in [6.07, 6.45) is 12.2. The second-order valence-electron chi connectivity index (χ2n) is 10.4. The molecule has 0 amide bonds. The summed E-state index contributed by atoms with van der Waals surface area (Å²) < 4.78 is 33.0. The SMILES string of the molecule is O=C(CCc1ccc(F)cc1)c1cc(F)ccc1OCC(O)CN(C1CCCCC1)C1CCCCC1. The number of nitrogens with zero attached hydrogens (tertiary/aromatic N) is 1. The minimum Gasteiger partial charge on any atom is -0.490 e. The van der Waals surface area contributed by atoms with Crippen LogP contribution >= 0.6 is 0 Å². The number of hydrogen-bond acceptors (Lipinski definition) is 4. The fourth-order valence-electron chi connectivity index (χ4n) is 5.79. The van der Waals surface area contributed by atoms with Gasteiger partial charge in [0.1, 0.15) is 30.1 Å². The van der Waals surface area contributed by atoms with Crippen molar-refractivity contribution in [2.24, 2.45) is 0 Å². The lowest BCUT2D eigenvalue weighted by molar-refractivity contribution is 0.0116. The predicted molar refractivity (Wildman–Crippen MR) is 137 cm³/mol. The Hall–Kier alpha value is -2.31. The monoisotopic (exact) mass is 499 g/mol. The molecule has 0 saturated heterocycles. The maximum atomic E-state index is 14.0. The van der Waals surface area contributed by atoms with Gasteiger partial charge in [-0.15, -0.1) is 0 Å². The van der Waals surface area contributed by atoms with Crippen molar-refractivity contribution in [3.63, 3.8) is 0 Å². The molecule has 36 heavy (non-hydrogen) atoms. The van der Waals surface area contributed by atoms with Gasteiger partial charge in [0.05, 0.1) is 5.56 Å². The van der Waals surface area contributed by atoms with Crippen LogP contribution in [0, 0.1) is 11.6 Å². The quantitative estimate of drug-likeness (QED) is 0.359. The van der Waals surface area contributed by atoms with Gasteiger partial charge in [-0.25, -0.2) is 8.78 Å². The number of halogens is 2. The van der Waals surface area contributed by atoms with E-state index in [-0.39, 0.29) is 30.2 Å². The smallest absolute Gasteiger partial charge is 0.167 e. The number of carbonyl (C=O) groups is 1. The van der Waals surface area contributed by atoms with E-state index < -0.39 is 11.9 Å². The Balaban J connectivity index is 1.37. The standard InChI is InChI=1S/C30H39F2NO3/c31-23-14-11-22(12-15-23)13-17-29(35)28-19-24(32)16-18-30(28)36-21-27(34)20-33(25-7-3-1-4-8-25)26-9-5-2-6-10-26/h11-12,14-16,18-19,25-27,34H,1-10,13,17,20-21H2. The molecule has 0 aromatic heterocycles. The third-order valence-electron chi connectivity index (χ3n) is 7.74. The Labute approximate surface area is 213 Å². The molecule has 0 heterocycles. The molecule has 1 N–H and O–H groups in total. The highest BCUT2D eigenvalue weighted by Gasteiger charge is 2.30. The van der Waals surface area contributed by atoms with E-state index in [0.29, 0.717) is 30.8 Å². The lowest BCUT2D eigenvalue weighted by atomic mass is 9.88. The van der Waals surface area contributed by atoms with Gasteiger partial charge in [0.2, 0.25) is 0 Å². The molecular formula is C30H39F2NO3. The Kier molecular flexibility index (Phi) is 9.88. The van der Waals surface area contributed by atoms with Crippen molar-refractivity contribution in [1.82, 2.24) is 4.90 Å². The number of aryl methyl sites for hydroxylation is 1. The number of ketones is 1. The summed E-state index contributed by atoms with van der Waals surface area (Å²) in [4.78, 5) is 15.4. The highest BCUT2D eigenvalue weighted by Crippen LogP contribution is 2.30. The number of rotatable bonds is 11. The number of benzene rings is 2. The van der Waals surface area contributed by atoms with Crippen molar-refractivity contribution < 1.29 is 23.4 Å². The van der Waals surface area contributed by atoms with E-state index >= 15 is 0 Å². The summed E-state index contributed by atoms with van der Waals surface area (Å²) in [5.74, 6) is -0.778. The maximum Gasteiger partial charge on any atom is 0.167 e. The molecule has 196 valence electrons. The average molecular weight is 500 g/mol. The molecule has 0 spiro atoms. The van der Waals surface area contributed by atoms with Gasteiger partial charge >= 0.3 is 0 Å². The fourth-order valence-corrected chi connectivity index (χ4v) is 5.79. The number of carbonyl (C=O) groups excluding carboxylic acids is 1. The second-order valence-corrected chi connectivity index (χ2v) is 10.4. The summed E-state index contributed by atoms with van der Waals surface area (Å²) in [7, 11) is 0. The molecule has 0 radical (unpaired) electrons. The summed E-state index contributed by atoms with van der Waals surface area (Å²) >= 11 is 0. The van der Waals surface area contributed by atoms with E-state index in [4.69, 9.17) is 4.74 Å². The van der Waals surface area contributed by atoms with Crippen molar-refractivity contribution in [3.05, 3.63) is 65.2 Å². The zero-order valence-electron chi connectivity index (χ0n) is 21.1. The first-order valence-corrected chi connectivity index (χ1v) is 13.6. The average Bonchev–Trinajstić information content (AvgIpc) is 2.91. The number of Topliss-reactive ketones (excluding diaryl/α,β-unsaturated/α-hetero) is 1. The van der Waals surface area contributed by atoms with Gasteiger partial charge in [-0.2, -0.15) is 0 Å². The van der Waals surface area contributed by atoms with Crippen LogP contribution in [0.4, 0.5) is 8.78 Å². The molecule has 2 aliphatic rings. The number of aliphatic hydroxyl groups is 1. The van der Waals surface area contributed by atoms with Crippen molar-refractivity contribution in [1.29, 1.82) is 0 Å². The van der Waals surface area contributed by atoms with Crippen LogP contribution in [0.3, 0.4) is 0 Å². The molecule has 4 nitrogen and oxygen atoms in total. The van der Waals surface area contributed by atoms with Gasteiger partial charge in [-0.05, 0) is 68.0 Å². The van der Waals surface area contributed by atoms with Gasteiger partial charge in [0.25, 0.3) is 0 Å². The lowest BCUT2D eigenvalue weighted by Gasteiger charge is -2.42. The Morgan fingerprint density at radius 1 is 0.889 bits per heavy atom. The van der Waals surface area contributed by atoms with Gasteiger partial charge in [0, 0.05) is 25.0 Å². The van der Waals surface area contributed by atoms with Crippen LogP contribution < -0.4 is 4.74 Å². The molecule has 4 rings (SSSR count). The van der Waals surface area contributed by atoms with Crippen molar-refractivity contribution >= 4 is 5.78 Å². The predicted octanol–water partition coefficient (Wildman–Crippen LogP) is 6.49. The summed E-state index contributed by atoms with van der Waals surface area (Å²) in [5, 5.41) is 10.9. The number of hydrogen-bond donors (Lipinski definition) is 1. The van der Waals surface area contributed by atoms with Crippen LogP contribution in [0.15, 0.2) is 42.5 Å². The summed E-state index contributed by atoms with van der Waals surface area (Å²) in [6, 6.07) is 11.0. The van der Waals surface area contributed by atoms with E-state index in [1.54, 1.807) is 12.1 Å². The molecule has 2 aliphatic carbocycles. The molecular weight excluding hydrogens is 460 g/mol. The third-order valence-corrected chi connectivity index (χ3v) is 7.74. The van der Waals surface area contributed by atoms with Gasteiger partial charge in [-0.1, -0.05) is 50.7 Å². The van der Waals surface area contributed by atoms with Crippen molar-refractivity contribution in [2.75, 3.05) is 13.2 Å². The molecule has 2 aromatic carbocycles. The molecule has 2 aromatic rings. The highest BCUT2D eigenvalue weighted by atomic mass is 19.1. The number of ether oxygens (including phenoxy) is 1. The van der Waals surface area contributed by atoms with Crippen LogP contribution in [0.1, 0.15) is 86.6 Å². The highest BCUT2D eigenvalue weighted by molar-refractivity contribution is 5.98. The van der Waals surface area contributed by atoms with E-state index in [1.165, 1.54) is 94.5 Å². The van der Waals surface area contributed by atoms with Gasteiger partial charge in [0.15, 0.2) is 5.78 Å². The van der Waals surface area contributed by atoms with Crippen LogP contribution in [0.25, 0.3) is 0 Å². The van der Waals surface area contributed by atoms with E-state index in [9.17, 15) is 18.7 Å². The zero-order chi connectivity index (χ0) is 25.3. The first-order chi connectivity index (χ1) is 17.5. The van der Waals surface area contributed by atoms with Crippen LogP contribution in [-0.2, 0) is 6.42 Å². The van der Waals surface area contributed by atoms with E-state index in [0.717, 1.165) is 5.56 Å². The summed E-state index contributed by atoms with van der Waals surface area (Å²) in [5.41, 5.74) is 1.02. The van der Waals surface area contributed by atoms with E-state index in [2.05, 4.69) is 4.90 Å². The molecule has 2 saturated carbocycles. The van der Waals surface area contributed by atoms with Crippen molar-refractivity contribution in [3.8, 4) is 5.75 Å². The minimum absolute atomic E-state index is 0.0554. The van der Waals surface area contributed by atoms with Crippen LogP contribution in [0.5, 0.6) is 5.75 Å². The van der Waals surface area contributed by atoms with Crippen molar-refractivity contribution in [2.45, 2.75) is 95.2 Å². The minimum atomic E-state index is -0.693. The molecule has 6 heteroatoms. The normalized spacial score (nSPS) is 18.3. The molecule has 1 unspecified atom stereocenters. The second kappa shape index (κ2) is 13.3. The molecule has 0 aliphatic heterocycles.